The van der Waals surface area contributed by atoms with Crippen molar-refractivity contribution in [3.63, 3.8) is 0 Å². The predicted molar refractivity (Wildman–Crippen MR) is 63.1 cm³/mol. The molecule has 7 nitrogen and oxygen atoms in total. The van der Waals surface area contributed by atoms with Crippen LogP contribution in [0.2, 0.25) is 5.02 Å². The van der Waals surface area contributed by atoms with Crippen molar-refractivity contribution in [1.29, 1.82) is 0 Å². The van der Waals surface area contributed by atoms with Crippen molar-refractivity contribution in [1.82, 2.24) is 19.6 Å². The number of aromatic amines is 1. The van der Waals surface area contributed by atoms with Crippen molar-refractivity contribution in [2.24, 2.45) is 0 Å². The summed E-state index contributed by atoms with van der Waals surface area (Å²) in [5.74, 6) is -1.72. The van der Waals surface area contributed by atoms with Crippen LogP contribution >= 0.6 is 11.6 Å². The zero-order valence-corrected chi connectivity index (χ0v) is 9.47. The van der Waals surface area contributed by atoms with Crippen LogP contribution in [0.4, 0.5) is 0 Å². The number of halogens is 1. The number of nitrogens with one attached hydrogen (secondary N) is 1. The number of carbonyl (C=O) groups is 1. The van der Waals surface area contributed by atoms with Crippen molar-refractivity contribution in [2.45, 2.75) is 0 Å². The third-order valence-electron chi connectivity index (χ3n) is 2.45. The summed E-state index contributed by atoms with van der Waals surface area (Å²) >= 11 is 5.82. The molecule has 0 amide bonds. The molecule has 3 aromatic rings. The van der Waals surface area contributed by atoms with Crippen LogP contribution in [-0.2, 0) is 0 Å². The van der Waals surface area contributed by atoms with Gasteiger partial charge in [-0.2, -0.15) is 4.52 Å². The lowest BCUT2D eigenvalue weighted by atomic mass is 10.2. The molecule has 2 heterocycles. The normalized spacial score (nSPS) is 11.2. The third kappa shape index (κ3) is 1.45. The molecule has 0 radical (unpaired) electrons. The molecule has 0 aliphatic heterocycles. The zero-order chi connectivity index (χ0) is 12.9. The zero-order valence-electron chi connectivity index (χ0n) is 8.72. The number of rotatable bonds is 1. The number of nitrogens with zero attached hydrogens (tertiary/aromatic N) is 3. The molecule has 0 aliphatic carbocycles. The van der Waals surface area contributed by atoms with Crippen LogP contribution in [0.5, 0.6) is 0 Å². The lowest BCUT2D eigenvalue weighted by Gasteiger charge is -1.99. The van der Waals surface area contributed by atoms with Crippen LogP contribution in [-0.4, -0.2) is 30.7 Å². The first-order valence-corrected chi connectivity index (χ1v) is 5.25. The predicted octanol–water partition coefficient (Wildman–Crippen LogP) is 0.922. The fourth-order valence-corrected chi connectivity index (χ4v) is 1.87. The number of aromatic carboxylic acids is 1. The molecular formula is C10H5ClN4O3. The van der Waals surface area contributed by atoms with E-state index in [0.29, 0.717) is 15.9 Å². The Morgan fingerprint density at radius 2 is 2.22 bits per heavy atom. The highest BCUT2D eigenvalue weighted by molar-refractivity contribution is 6.31. The summed E-state index contributed by atoms with van der Waals surface area (Å²) in [6.45, 7) is 0. The molecule has 0 saturated heterocycles. The monoisotopic (exact) mass is 264 g/mol. The Morgan fingerprint density at radius 1 is 1.44 bits per heavy atom. The third-order valence-corrected chi connectivity index (χ3v) is 2.69. The van der Waals surface area contributed by atoms with E-state index >= 15 is 0 Å². The van der Waals surface area contributed by atoms with Gasteiger partial charge in [0, 0.05) is 10.4 Å². The Balaban J connectivity index is 2.53. The average molecular weight is 265 g/mol. The summed E-state index contributed by atoms with van der Waals surface area (Å²) in [6, 6.07) is 4.83. The highest BCUT2D eigenvalue weighted by Crippen LogP contribution is 2.19. The summed E-state index contributed by atoms with van der Waals surface area (Å²) in [5.41, 5.74) is 0.0897. The number of aromatic nitrogens is 4. The van der Waals surface area contributed by atoms with Crippen molar-refractivity contribution >= 4 is 34.1 Å². The smallest absolute Gasteiger partial charge is 0.375 e. The second-order valence-corrected chi connectivity index (χ2v) is 4.03. The van der Waals surface area contributed by atoms with E-state index in [2.05, 4.69) is 15.1 Å². The van der Waals surface area contributed by atoms with E-state index in [-0.39, 0.29) is 5.65 Å². The van der Waals surface area contributed by atoms with E-state index in [0.717, 1.165) is 4.52 Å². The van der Waals surface area contributed by atoms with Crippen molar-refractivity contribution < 1.29 is 9.90 Å². The van der Waals surface area contributed by atoms with E-state index in [1.807, 2.05) is 0 Å². The van der Waals surface area contributed by atoms with Gasteiger partial charge in [0.15, 0.2) is 5.65 Å². The van der Waals surface area contributed by atoms with E-state index in [1.165, 1.54) is 0 Å². The second-order valence-electron chi connectivity index (χ2n) is 3.60. The molecule has 18 heavy (non-hydrogen) atoms. The molecule has 0 aliphatic rings. The highest BCUT2D eigenvalue weighted by Gasteiger charge is 2.15. The maximum absolute atomic E-state index is 11.7. The fourth-order valence-electron chi connectivity index (χ4n) is 1.70. The van der Waals surface area contributed by atoms with Gasteiger partial charge in [-0.25, -0.2) is 14.6 Å². The first-order chi connectivity index (χ1) is 8.56. The summed E-state index contributed by atoms with van der Waals surface area (Å²) in [4.78, 5) is 28.9. The number of benzene rings is 1. The molecule has 0 spiro atoms. The molecule has 8 heteroatoms. The molecule has 0 fully saturated rings. The summed E-state index contributed by atoms with van der Waals surface area (Å²) in [7, 11) is 0. The maximum atomic E-state index is 11.7. The fraction of sp³-hybridized carbons (Fsp3) is 0. The molecule has 1 aromatic carbocycles. The van der Waals surface area contributed by atoms with Gasteiger partial charge in [0.25, 0.3) is 5.82 Å². The second kappa shape index (κ2) is 3.54. The first kappa shape index (κ1) is 10.7. The Morgan fingerprint density at radius 3 is 2.94 bits per heavy atom. The van der Waals surface area contributed by atoms with Gasteiger partial charge in [0.1, 0.15) is 0 Å². The molecule has 3 rings (SSSR count). The minimum atomic E-state index is -1.29. The standard InChI is InChI=1S/C10H5ClN4O3/c11-4-1-2-5-6(3-4)12-10(18)15-8(5)13-7(14-15)9(16)17/h1-3H,(H,12,18)(H,16,17). The van der Waals surface area contributed by atoms with Gasteiger partial charge >= 0.3 is 11.7 Å². The van der Waals surface area contributed by atoms with Crippen LogP contribution in [0.3, 0.4) is 0 Å². The van der Waals surface area contributed by atoms with Crippen LogP contribution in [0.25, 0.3) is 16.6 Å². The Bertz CT molecular complexity index is 851. The molecule has 0 atom stereocenters. The molecule has 0 unspecified atom stereocenters. The van der Waals surface area contributed by atoms with Gasteiger partial charge in [0.05, 0.1) is 5.52 Å². The van der Waals surface area contributed by atoms with Crippen molar-refractivity contribution in [2.75, 3.05) is 0 Å². The van der Waals surface area contributed by atoms with E-state index in [4.69, 9.17) is 16.7 Å². The summed E-state index contributed by atoms with van der Waals surface area (Å²) in [6.07, 6.45) is 0. The molecule has 0 bridgehead atoms. The highest BCUT2D eigenvalue weighted by atomic mass is 35.5. The number of fused-ring (bicyclic) bond motifs is 3. The number of hydrogen-bond acceptors (Lipinski definition) is 4. The Hall–Kier alpha value is -2.41. The lowest BCUT2D eigenvalue weighted by Crippen LogP contribution is -2.17. The van der Waals surface area contributed by atoms with E-state index in [1.54, 1.807) is 18.2 Å². The van der Waals surface area contributed by atoms with Crippen LogP contribution in [0.1, 0.15) is 10.6 Å². The quantitative estimate of drug-likeness (QED) is 0.681. The average Bonchev–Trinajstić information content (AvgIpc) is 2.74. The Labute approximate surface area is 104 Å². The number of hydrogen-bond donors (Lipinski definition) is 2. The lowest BCUT2D eigenvalue weighted by molar-refractivity contribution is 0.0684. The maximum Gasteiger partial charge on any atom is 0.375 e. The van der Waals surface area contributed by atoms with Gasteiger partial charge in [0.2, 0.25) is 0 Å². The van der Waals surface area contributed by atoms with Crippen LogP contribution in [0, 0.1) is 0 Å². The molecule has 90 valence electrons. The van der Waals surface area contributed by atoms with E-state index in [9.17, 15) is 9.59 Å². The molecule has 2 aromatic heterocycles. The van der Waals surface area contributed by atoms with Crippen molar-refractivity contribution in [3.8, 4) is 0 Å². The van der Waals surface area contributed by atoms with Gasteiger partial charge in [-0.05, 0) is 18.2 Å². The molecule has 2 N–H and O–H groups in total. The number of H-pyrrole nitrogens is 1. The molecule has 0 saturated carbocycles. The van der Waals surface area contributed by atoms with Crippen molar-refractivity contribution in [3.05, 3.63) is 39.5 Å². The minimum Gasteiger partial charge on any atom is -0.475 e. The summed E-state index contributed by atoms with van der Waals surface area (Å²) in [5, 5.41) is 13.5. The topological polar surface area (TPSA) is 100 Å². The SMILES string of the molecule is O=C(O)c1nc2c3ccc(Cl)cc3[nH]c(=O)n2n1. The number of carboxylic acid groups (broad SMARTS) is 1. The van der Waals surface area contributed by atoms with Gasteiger partial charge < -0.3 is 10.1 Å². The molecular weight excluding hydrogens is 260 g/mol. The summed E-state index contributed by atoms with van der Waals surface area (Å²) < 4.78 is 0.916. The number of carboxylic acids is 1. The van der Waals surface area contributed by atoms with Gasteiger partial charge in [-0.3, -0.25) is 0 Å². The van der Waals surface area contributed by atoms with E-state index < -0.39 is 17.5 Å². The van der Waals surface area contributed by atoms with Crippen LogP contribution in [0.15, 0.2) is 23.0 Å². The first-order valence-electron chi connectivity index (χ1n) is 4.88. The Kier molecular flexibility index (Phi) is 2.11. The van der Waals surface area contributed by atoms with Gasteiger partial charge in [-0.1, -0.05) is 11.6 Å². The van der Waals surface area contributed by atoms with Crippen LogP contribution < -0.4 is 5.69 Å². The van der Waals surface area contributed by atoms with Gasteiger partial charge in [-0.15, -0.1) is 5.10 Å². The minimum absolute atomic E-state index is 0.183. The largest absolute Gasteiger partial charge is 0.475 e.